The quantitative estimate of drug-likeness (QED) is 0.846. The van der Waals surface area contributed by atoms with Crippen LogP contribution in [0, 0.1) is 6.92 Å². The van der Waals surface area contributed by atoms with Gasteiger partial charge in [-0.15, -0.1) is 0 Å². The molecule has 0 saturated heterocycles. The molecule has 0 saturated carbocycles. The monoisotopic (exact) mass is 313 g/mol. The van der Waals surface area contributed by atoms with E-state index in [-0.39, 0.29) is 18.4 Å². The predicted octanol–water partition coefficient (Wildman–Crippen LogP) is 1.44. The smallest absolute Gasteiger partial charge is 0.251 e. The number of ether oxygens (including phenoxy) is 1. The third kappa shape index (κ3) is 4.81. The second-order valence-corrected chi connectivity index (χ2v) is 4.98. The molecule has 0 aliphatic carbocycles. The number of benzene rings is 1. The Balaban J connectivity index is 1.81. The Labute approximate surface area is 134 Å². The van der Waals surface area contributed by atoms with Crippen LogP contribution >= 0.6 is 0 Å². The van der Waals surface area contributed by atoms with Gasteiger partial charge in [-0.3, -0.25) is 9.59 Å². The lowest BCUT2D eigenvalue weighted by Gasteiger charge is -2.09. The molecule has 6 nitrogen and oxygen atoms in total. The number of amides is 2. The fourth-order valence-electron chi connectivity index (χ4n) is 2.02. The molecule has 0 radical (unpaired) electrons. The molecule has 23 heavy (non-hydrogen) atoms. The van der Waals surface area contributed by atoms with Crippen LogP contribution in [-0.2, 0) is 11.3 Å². The van der Waals surface area contributed by atoms with Gasteiger partial charge in [-0.2, -0.15) is 0 Å². The molecule has 0 aliphatic rings. The van der Waals surface area contributed by atoms with Crippen LogP contribution in [0.15, 0.2) is 42.6 Å². The molecule has 1 aromatic heterocycles. The second-order valence-electron chi connectivity index (χ2n) is 4.98. The topological polar surface area (TPSA) is 80.3 Å². The SMILES string of the molecule is COc1cc(CNC(=O)CNC(=O)c2ccccc2C)ccn1. The van der Waals surface area contributed by atoms with E-state index in [0.717, 1.165) is 11.1 Å². The molecule has 0 fully saturated rings. The number of aromatic nitrogens is 1. The van der Waals surface area contributed by atoms with Gasteiger partial charge >= 0.3 is 0 Å². The number of nitrogens with zero attached hydrogens (tertiary/aromatic N) is 1. The fraction of sp³-hybridized carbons (Fsp3) is 0.235. The van der Waals surface area contributed by atoms with Gasteiger partial charge in [-0.05, 0) is 30.2 Å². The normalized spacial score (nSPS) is 10.0. The van der Waals surface area contributed by atoms with E-state index in [9.17, 15) is 9.59 Å². The summed E-state index contributed by atoms with van der Waals surface area (Å²) in [5.74, 6) is -0.0313. The van der Waals surface area contributed by atoms with Crippen LogP contribution in [-0.4, -0.2) is 30.5 Å². The molecule has 2 amide bonds. The van der Waals surface area contributed by atoms with Crippen molar-refractivity contribution < 1.29 is 14.3 Å². The van der Waals surface area contributed by atoms with Crippen molar-refractivity contribution in [3.8, 4) is 5.88 Å². The summed E-state index contributed by atoms with van der Waals surface area (Å²) in [4.78, 5) is 27.8. The van der Waals surface area contributed by atoms with Crippen LogP contribution in [0.4, 0.5) is 0 Å². The van der Waals surface area contributed by atoms with Gasteiger partial charge in [0.1, 0.15) is 0 Å². The van der Waals surface area contributed by atoms with Crippen molar-refractivity contribution in [3.63, 3.8) is 0 Å². The third-order valence-corrected chi connectivity index (χ3v) is 3.30. The molecule has 6 heteroatoms. The summed E-state index contributed by atoms with van der Waals surface area (Å²) in [6, 6.07) is 10.8. The van der Waals surface area contributed by atoms with E-state index in [2.05, 4.69) is 15.6 Å². The molecule has 0 atom stereocenters. The maximum absolute atomic E-state index is 12.0. The first-order valence-corrected chi connectivity index (χ1v) is 7.19. The number of carbonyl (C=O) groups excluding carboxylic acids is 2. The minimum atomic E-state index is -0.261. The van der Waals surface area contributed by atoms with Crippen molar-refractivity contribution >= 4 is 11.8 Å². The molecular formula is C17H19N3O3. The van der Waals surface area contributed by atoms with Crippen molar-refractivity contribution in [3.05, 3.63) is 59.3 Å². The lowest BCUT2D eigenvalue weighted by atomic mass is 10.1. The van der Waals surface area contributed by atoms with Gasteiger partial charge in [-0.25, -0.2) is 4.98 Å². The highest BCUT2D eigenvalue weighted by molar-refractivity contribution is 5.97. The molecule has 2 N–H and O–H groups in total. The lowest BCUT2D eigenvalue weighted by molar-refractivity contribution is -0.120. The van der Waals surface area contributed by atoms with E-state index in [1.54, 1.807) is 30.5 Å². The van der Waals surface area contributed by atoms with Crippen LogP contribution in [0.3, 0.4) is 0 Å². The van der Waals surface area contributed by atoms with Crippen LogP contribution < -0.4 is 15.4 Å². The number of hydrogen-bond acceptors (Lipinski definition) is 4. The van der Waals surface area contributed by atoms with Gasteiger partial charge in [0.05, 0.1) is 13.7 Å². The number of aryl methyl sites for hydroxylation is 1. The van der Waals surface area contributed by atoms with Crippen molar-refractivity contribution in [1.82, 2.24) is 15.6 Å². The second kappa shape index (κ2) is 7.93. The fourth-order valence-corrected chi connectivity index (χ4v) is 2.02. The van der Waals surface area contributed by atoms with Crippen LogP contribution in [0.25, 0.3) is 0 Å². The molecule has 0 bridgehead atoms. The highest BCUT2D eigenvalue weighted by Gasteiger charge is 2.09. The molecular weight excluding hydrogens is 294 g/mol. The molecule has 0 spiro atoms. The number of pyridine rings is 1. The van der Waals surface area contributed by atoms with Crippen molar-refractivity contribution in [2.45, 2.75) is 13.5 Å². The molecule has 1 aromatic carbocycles. The average molecular weight is 313 g/mol. The summed E-state index contributed by atoms with van der Waals surface area (Å²) >= 11 is 0. The Morgan fingerprint density at radius 3 is 2.70 bits per heavy atom. The zero-order valence-corrected chi connectivity index (χ0v) is 13.1. The summed E-state index contributed by atoms with van der Waals surface area (Å²) in [5.41, 5.74) is 2.31. The highest BCUT2D eigenvalue weighted by atomic mass is 16.5. The first-order valence-electron chi connectivity index (χ1n) is 7.19. The first-order chi connectivity index (χ1) is 11.1. The third-order valence-electron chi connectivity index (χ3n) is 3.30. The van der Waals surface area contributed by atoms with Gasteiger partial charge in [0, 0.05) is 24.4 Å². The number of hydrogen-bond donors (Lipinski definition) is 2. The van der Waals surface area contributed by atoms with Crippen molar-refractivity contribution in [2.24, 2.45) is 0 Å². The van der Waals surface area contributed by atoms with Crippen molar-refractivity contribution in [2.75, 3.05) is 13.7 Å². The maximum atomic E-state index is 12.0. The van der Waals surface area contributed by atoms with Crippen LogP contribution in [0.5, 0.6) is 5.88 Å². The van der Waals surface area contributed by atoms with Gasteiger partial charge in [-0.1, -0.05) is 18.2 Å². The van der Waals surface area contributed by atoms with E-state index < -0.39 is 0 Å². The van der Waals surface area contributed by atoms with E-state index in [1.165, 1.54) is 7.11 Å². The predicted molar refractivity (Wildman–Crippen MR) is 86.1 cm³/mol. The van der Waals surface area contributed by atoms with Crippen LogP contribution in [0.1, 0.15) is 21.5 Å². The number of nitrogens with one attached hydrogen (secondary N) is 2. The molecule has 0 unspecified atom stereocenters. The summed E-state index contributed by atoms with van der Waals surface area (Å²) in [6.45, 7) is 2.12. The van der Waals surface area contributed by atoms with Crippen LogP contribution in [0.2, 0.25) is 0 Å². The first kappa shape index (κ1) is 16.5. The van der Waals surface area contributed by atoms with E-state index in [1.807, 2.05) is 19.1 Å². The van der Waals surface area contributed by atoms with E-state index in [4.69, 9.17) is 4.74 Å². The van der Waals surface area contributed by atoms with Gasteiger partial charge in [0.2, 0.25) is 11.8 Å². The molecule has 2 aromatic rings. The minimum Gasteiger partial charge on any atom is -0.481 e. The highest BCUT2D eigenvalue weighted by Crippen LogP contribution is 2.08. The van der Waals surface area contributed by atoms with Crippen molar-refractivity contribution in [1.29, 1.82) is 0 Å². The maximum Gasteiger partial charge on any atom is 0.251 e. The largest absolute Gasteiger partial charge is 0.481 e. The number of carbonyl (C=O) groups is 2. The Hall–Kier alpha value is -2.89. The summed E-state index contributed by atoms with van der Waals surface area (Å²) < 4.78 is 5.02. The number of rotatable bonds is 6. The Morgan fingerprint density at radius 2 is 1.96 bits per heavy atom. The molecule has 0 aliphatic heterocycles. The Morgan fingerprint density at radius 1 is 1.17 bits per heavy atom. The van der Waals surface area contributed by atoms with E-state index >= 15 is 0 Å². The average Bonchev–Trinajstić information content (AvgIpc) is 2.58. The van der Waals surface area contributed by atoms with Gasteiger partial charge in [0.25, 0.3) is 5.91 Å². The van der Waals surface area contributed by atoms with Gasteiger partial charge in [0.15, 0.2) is 0 Å². The summed E-state index contributed by atoms with van der Waals surface area (Å²) in [6.07, 6.45) is 1.61. The summed E-state index contributed by atoms with van der Waals surface area (Å²) in [5, 5.41) is 5.35. The van der Waals surface area contributed by atoms with E-state index in [0.29, 0.717) is 18.0 Å². The zero-order valence-electron chi connectivity index (χ0n) is 13.1. The molecule has 120 valence electrons. The standard InChI is InChI=1S/C17H19N3O3/c1-12-5-3-4-6-14(12)17(22)20-11-15(21)19-10-13-7-8-18-16(9-13)23-2/h3-9H,10-11H2,1-2H3,(H,19,21)(H,20,22). The Kier molecular flexibility index (Phi) is 5.68. The number of methoxy groups -OCH3 is 1. The molecule has 1 heterocycles. The summed E-state index contributed by atoms with van der Waals surface area (Å²) in [7, 11) is 1.53. The lowest BCUT2D eigenvalue weighted by Crippen LogP contribution is -2.36. The Bertz CT molecular complexity index is 701. The minimum absolute atomic E-state index is 0.0740. The van der Waals surface area contributed by atoms with Gasteiger partial charge < -0.3 is 15.4 Å². The zero-order chi connectivity index (χ0) is 16.7. The molecule has 2 rings (SSSR count).